The van der Waals surface area contributed by atoms with Crippen LogP contribution in [-0.4, -0.2) is 19.7 Å². The number of anilines is 1. The van der Waals surface area contributed by atoms with Crippen molar-refractivity contribution in [2.45, 2.75) is 33.7 Å². The van der Waals surface area contributed by atoms with Gasteiger partial charge in [-0.25, -0.2) is 9.97 Å². The van der Waals surface area contributed by atoms with Crippen molar-refractivity contribution in [1.82, 2.24) is 19.7 Å². The second-order valence-electron chi connectivity index (χ2n) is 4.52. The fraction of sp³-hybridized carbons (Fsp3) is 0.462. The molecule has 2 aromatic rings. The molecule has 0 aliphatic rings. The van der Waals surface area contributed by atoms with E-state index < -0.39 is 0 Å². The molecule has 0 radical (unpaired) electrons. The lowest BCUT2D eigenvalue weighted by Crippen LogP contribution is -2.06. The summed E-state index contributed by atoms with van der Waals surface area (Å²) in [6, 6.07) is 0. The van der Waals surface area contributed by atoms with E-state index in [1.807, 2.05) is 31.8 Å². The summed E-state index contributed by atoms with van der Waals surface area (Å²) in [5, 5.41) is 8.04. The third-order valence-electron chi connectivity index (χ3n) is 3.04. The van der Waals surface area contributed by atoms with Crippen LogP contribution in [0.15, 0.2) is 6.20 Å². The highest BCUT2D eigenvalue weighted by atomic mass is 35.5. The summed E-state index contributed by atoms with van der Waals surface area (Å²) in [5.41, 5.74) is 3.98. The summed E-state index contributed by atoms with van der Waals surface area (Å²) in [6.07, 6.45) is 2.92. The number of aryl methyl sites for hydroxylation is 4. The lowest BCUT2D eigenvalue weighted by molar-refractivity contribution is 0.746. The summed E-state index contributed by atoms with van der Waals surface area (Å²) < 4.78 is 1.82. The number of hydrogen-bond donors (Lipinski definition) is 1. The standard InChI is InChI=1S/C13H18ClN5/c1-5-11-10(7-19(4)18-11)6-15-13-12(14)16-8(2)9(3)17-13/h7H,5-6H2,1-4H3,(H,15,17). The van der Waals surface area contributed by atoms with Crippen LogP contribution in [0.25, 0.3) is 0 Å². The lowest BCUT2D eigenvalue weighted by Gasteiger charge is -2.09. The maximum atomic E-state index is 6.09. The maximum Gasteiger partial charge on any atom is 0.171 e. The van der Waals surface area contributed by atoms with Gasteiger partial charge in [-0.05, 0) is 20.3 Å². The molecule has 0 aliphatic carbocycles. The van der Waals surface area contributed by atoms with E-state index in [1.54, 1.807) is 0 Å². The first-order chi connectivity index (χ1) is 9.01. The zero-order valence-corrected chi connectivity index (χ0v) is 12.4. The lowest BCUT2D eigenvalue weighted by atomic mass is 10.2. The number of nitrogens with one attached hydrogen (secondary N) is 1. The zero-order valence-electron chi connectivity index (χ0n) is 11.7. The molecule has 2 heterocycles. The topological polar surface area (TPSA) is 55.6 Å². The highest BCUT2D eigenvalue weighted by Gasteiger charge is 2.09. The molecule has 1 N–H and O–H groups in total. The minimum absolute atomic E-state index is 0.407. The normalized spacial score (nSPS) is 10.8. The third-order valence-corrected chi connectivity index (χ3v) is 3.30. The van der Waals surface area contributed by atoms with Crippen LogP contribution in [0, 0.1) is 13.8 Å². The first kappa shape index (κ1) is 13.8. The largest absolute Gasteiger partial charge is 0.363 e. The van der Waals surface area contributed by atoms with Crippen molar-refractivity contribution in [2.75, 3.05) is 5.32 Å². The van der Waals surface area contributed by atoms with Crippen molar-refractivity contribution >= 4 is 17.4 Å². The van der Waals surface area contributed by atoms with Gasteiger partial charge in [-0.2, -0.15) is 5.10 Å². The molecule has 0 bridgehead atoms. The zero-order chi connectivity index (χ0) is 14.0. The first-order valence-corrected chi connectivity index (χ1v) is 6.65. The van der Waals surface area contributed by atoms with E-state index in [2.05, 4.69) is 27.3 Å². The van der Waals surface area contributed by atoms with Gasteiger partial charge in [0.15, 0.2) is 11.0 Å². The van der Waals surface area contributed by atoms with Gasteiger partial charge in [0.25, 0.3) is 0 Å². The smallest absolute Gasteiger partial charge is 0.171 e. The molecule has 2 aromatic heterocycles. The molecule has 0 spiro atoms. The van der Waals surface area contributed by atoms with Crippen molar-refractivity contribution in [3.8, 4) is 0 Å². The molecule has 0 unspecified atom stereocenters. The van der Waals surface area contributed by atoms with Crippen LogP contribution in [-0.2, 0) is 20.0 Å². The van der Waals surface area contributed by atoms with E-state index >= 15 is 0 Å². The predicted octanol–water partition coefficient (Wildman–Crippen LogP) is 2.65. The Morgan fingerprint density at radius 3 is 2.63 bits per heavy atom. The molecule has 0 aromatic carbocycles. The Bertz CT molecular complexity index is 591. The molecular formula is C13H18ClN5. The van der Waals surface area contributed by atoms with E-state index in [0.29, 0.717) is 17.5 Å². The van der Waals surface area contributed by atoms with Crippen LogP contribution >= 0.6 is 11.6 Å². The predicted molar refractivity (Wildman–Crippen MR) is 76.4 cm³/mol. The van der Waals surface area contributed by atoms with Gasteiger partial charge in [-0.15, -0.1) is 0 Å². The highest BCUT2D eigenvalue weighted by molar-refractivity contribution is 6.31. The van der Waals surface area contributed by atoms with Crippen LogP contribution in [0.3, 0.4) is 0 Å². The van der Waals surface area contributed by atoms with Crippen molar-refractivity contribution in [3.63, 3.8) is 0 Å². The van der Waals surface area contributed by atoms with Gasteiger partial charge in [-0.3, -0.25) is 4.68 Å². The monoisotopic (exact) mass is 279 g/mol. The Kier molecular flexibility index (Phi) is 4.04. The van der Waals surface area contributed by atoms with E-state index in [4.69, 9.17) is 11.6 Å². The number of nitrogens with zero attached hydrogens (tertiary/aromatic N) is 4. The van der Waals surface area contributed by atoms with Crippen LogP contribution in [0.1, 0.15) is 29.6 Å². The Morgan fingerprint density at radius 1 is 1.26 bits per heavy atom. The Morgan fingerprint density at radius 2 is 1.95 bits per heavy atom. The average Bonchev–Trinajstić information content (AvgIpc) is 2.72. The molecule has 2 rings (SSSR count). The fourth-order valence-corrected chi connectivity index (χ4v) is 2.13. The molecule has 6 heteroatoms. The summed E-state index contributed by atoms with van der Waals surface area (Å²) >= 11 is 6.09. The third kappa shape index (κ3) is 3.04. The van der Waals surface area contributed by atoms with Crippen molar-refractivity contribution in [3.05, 3.63) is 34.0 Å². The molecule has 0 atom stereocenters. The molecular weight excluding hydrogens is 262 g/mol. The van der Waals surface area contributed by atoms with E-state index in [1.165, 1.54) is 0 Å². The minimum atomic E-state index is 0.407. The second kappa shape index (κ2) is 5.57. The van der Waals surface area contributed by atoms with Gasteiger partial charge in [0.05, 0.1) is 17.1 Å². The van der Waals surface area contributed by atoms with Crippen LogP contribution < -0.4 is 5.32 Å². The van der Waals surface area contributed by atoms with Crippen molar-refractivity contribution in [2.24, 2.45) is 7.05 Å². The molecule has 19 heavy (non-hydrogen) atoms. The average molecular weight is 280 g/mol. The van der Waals surface area contributed by atoms with Gasteiger partial charge in [0.2, 0.25) is 0 Å². The second-order valence-corrected chi connectivity index (χ2v) is 4.87. The molecule has 102 valence electrons. The summed E-state index contributed by atoms with van der Waals surface area (Å²) in [4.78, 5) is 8.67. The summed E-state index contributed by atoms with van der Waals surface area (Å²) in [6.45, 7) is 6.56. The molecule has 0 saturated heterocycles. The number of hydrogen-bond acceptors (Lipinski definition) is 4. The SMILES string of the molecule is CCc1nn(C)cc1CNc1nc(C)c(C)nc1Cl. The van der Waals surface area contributed by atoms with Gasteiger partial charge in [0, 0.05) is 25.4 Å². The van der Waals surface area contributed by atoms with Gasteiger partial charge < -0.3 is 5.32 Å². The number of rotatable bonds is 4. The Balaban J connectivity index is 2.16. The van der Waals surface area contributed by atoms with E-state index in [9.17, 15) is 0 Å². The van der Waals surface area contributed by atoms with Gasteiger partial charge in [0.1, 0.15) is 0 Å². The van der Waals surface area contributed by atoms with E-state index in [0.717, 1.165) is 29.1 Å². The fourth-order valence-electron chi connectivity index (χ4n) is 1.90. The Hall–Kier alpha value is -1.62. The van der Waals surface area contributed by atoms with Gasteiger partial charge >= 0.3 is 0 Å². The summed E-state index contributed by atoms with van der Waals surface area (Å²) in [7, 11) is 1.92. The quantitative estimate of drug-likeness (QED) is 0.935. The van der Waals surface area contributed by atoms with E-state index in [-0.39, 0.29) is 0 Å². The molecule has 0 amide bonds. The first-order valence-electron chi connectivity index (χ1n) is 6.27. The maximum absolute atomic E-state index is 6.09. The number of halogens is 1. The van der Waals surface area contributed by atoms with Gasteiger partial charge in [-0.1, -0.05) is 18.5 Å². The van der Waals surface area contributed by atoms with Crippen molar-refractivity contribution < 1.29 is 0 Å². The highest BCUT2D eigenvalue weighted by Crippen LogP contribution is 2.19. The van der Waals surface area contributed by atoms with Crippen LogP contribution in [0.5, 0.6) is 0 Å². The Labute approximate surface area is 118 Å². The van der Waals surface area contributed by atoms with Crippen molar-refractivity contribution in [1.29, 1.82) is 0 Å². The van der Waals surface area contributed by atoms with Crippen LogP contribution in [0.2, 0.25) is 5.15 Å². The summed E-state index contributed by atoms with van der Waals surface area (Å²) in [5.74, 6) is 0.621. The molecule has 0 fully saturated rings. The molecule has 5 nitrogen and oxygen atoms in total. The molecule has 0 saturated carbocycles. The van der Waals surface area contributed by atoms with Crippen LogP contribution in [0.4, 0.5) is 5.82 Å². The minimum Gasteiger partial charge on any atom is -0.363 e. The molecule has 0 aliphatic heterocycles. The number of aromatic nitrogens is 4.